The second kappa shape index (κ2) is 4.98. The molecule has 0 fully saturated rings. The van der Waals surface area contributed by atoms with Crippen LogP contribution >= 0.6 is 11.3 Å². The van der Waals surface area contributed by atoms with Crippen molar-refractivity contribution >= 4 is 33.0 Å². The summed E-state index contributed by atoms with van der Waals surface area (Å²) in [5, 5.41) is 15.2. The van der Waals surface area contributed by atoms with Crippen LogP contribution in [-0.4, -0.2) is 11.0 Å². The summed E-state index contributed by atoms with van der Waals surface area (Å²) in [5.74, 6) is 0.0940. The van der Waals surface area contributed by atoms with Gasteiger partial charge in [-0.05, 0) is 36.8 Å². The molecule has 1 heterocycles. The van der Waals surface area contributed by atoms with E-state index in [1.165, 1.54) is 0 Å². The Hall–Kier alpha value is -2.33. The minimum absolute atomic E-state index is 0.132. The van der Waals surface area contributed by atoms with E-state index in [0.29, 0.717) is 11.3 Å². The highest BCUT2D eigenvalue weighted by molar-refractivity contribution is 7.17. The number of aromatic hydroxyl groups is 1. The third-order valence-corrected chi connectivity index (χ3v) is 4.14. The predicted octanol–water partition coefficient (Wildman–Crippen LogP) is 4.17. The number of aryl methyl sites for hydroxylation is 1. The van der Waals surface area contributed by atoms with Gasteiger partial charge in [-0.2, -0.15) is 0 Å². The van der Waals surface area contributed by atoms with Crippen LogP contribution in [0.1, 0.15) is 15.9 Å². The molecule has 0 aliphatic carbocycles. The first-order valence-corrected chi connectivity index (χ1v) is 7.10. The van der Waals surface area contributed by atoms with E-state index in [1.807, 2.05) is 29.6 Å². The van der Waals surface area contributed by atoms with Crippen LogP contribution in [0, 0.1) is 6.92 Å². The van der Waals surface area contributed by atoms with Crippen molar-refractivity contribution in [3.8, 4) is 5.75 Å². The molecule has 0 saturated heterocycles. The minimum atomic E-state index is -0.132. The molecular formula is C16H13NO2S. The molecule has 3 nitrogen and oxygen atoms in total. The van der Waals surface area contributed by atoms with Crippen LogP contribution in [0.4, 0.5) is 5.69 Å². The van der Waals surface area contributed by atoms with Gasteiger partial charge < -0.3 is 10.4 Å². The number of phenolic OH excluding ortho intramolecular Hbond substituents is 1. The van der Waals surface area contributed by atoms with E-state index in [0.717, 1.165) is 15.6 Å². The first-order valence-electron chi connectivity index (χ1n) is 6.22. The van der Waals surface area contributed by atoms with Crippen molar-refractivity contribution in [3.05, 3.63) is 59.0 Å². The fraction of sp³-hybridized carbons (Fsp3) is 0.0625. The van der Waals surface area contributed by atoms with Crippen LogP contribution in [0.2, 0.25) is 0 Å². The summed E-state index contributed by atoms with van der Waals surface area (Å²) in [6.45, 7) is 1.80. The zero-order valence-electron chi connectivity index (χ0n) is 10.9. The molecule has 0 bridgehead atoms. The average molecular weight is 283 g/mol. The van der Waals surface area contributed by atoms with Gasteiger partial charge in [0.05, 0.1) is 5.56 Å². The second-order valence-electron chi connectivity index (χ2n) is 4.60. The van der Waals surface area contributed by atoms with Gasteiger partial charge in [-0.3, -0.25) is 4.79 Å². The quantitative estimate of drug-likeness (QED) is 0.693. The number of anilines is 1. The lowest BCUT2D eigenvalue weighted by molar-refractivity contribution is 0.102. The summed E-state index contributed by atoms with van der Waals surface area (Å²) in [5.41, 5.74) is 2.09. The Morgan fingerprint density at radius 2 is 2.00 bits per heavy atom. The summed E-state index contributed by atoms with van der Waals surface area (Å²) in [6, 6.07) is 12.9. The van der Waals surface area contributed by atoms with E-state index < -0.39 is 0 Å². The highest BCUT2D eigenvalue weighted by Crippen LogP contribution is 2.27. The number of phenols is 1. The number of fused-ring (bicyclic) bond motifs is 1. The standard InChI is InChI=1S/C16H13NO2S/c1-10-8-11(6-7-14(10)18)17-16(19)13-9-20-15-5-3-2-4-12(13)15/h2-9,18H,1H3,(H,17,19). The first kappa shape index (κ1) is 12.7. The van der Waals surface area contributed by atoms with Gasteiger partial charge in [0.1, 0.15) is 5.75 Å². The topological polar surface area (TPSA) is 49.3 Å². The van der Waals surface area contributed by atoms with Crippen LogP contribution in [0.3, 0.4) is 0 Å². The van der Waals surface area contributed by atoms with Crippen molar-refractivity contribution in [2.45, 2.75) is 6.92 Å². The van der Waals surface area contributed by atoms with Gasteiger partial charge in [-0.15, -0.1) is 11.3 Å². The normalized spacial score (nSPS) is 10.7. The molecule has 0 saturated carbocycles. The SMILES string of the molecule is Cc1cc(NC(=O)c2csc3ccccc23)ccc1O. The molecule has 4 heteroatoms. The molecule has 2 aromatic carbocycles. The van der Waals surface area contributed by atoms with Gasteiger partial charge >= 0.3 is 0 Å². The second-order valence-corrected chi connectivity index (χ2v) is 5.51. The highest BCUT2D eigenvalue weighted by atomic mass is 32.1. The van der Waals surface area contributed by atoms with Gasteiger partial charge in [0.15, 0.2) is 0 Å². The van der Waals surface area contributed by atoms with Crippen LogP contribution < -0.4 is 5.32 Å². The lowest BCUT2D eigenvalue weighted by Crippen LogP contribution is -2.11. The molecule has 0 spiro atoms. The third kappa shape index (κ3) is 2.26. The molecule has 1 aromatic heterocycles. The van der Waals surface area contributed by atoms with E-state index in [1.54, 1.807) is 36.5 Å². The number of carbonyl (C=O) groups excluding carboxylic acids is 1. The van der Waals surface area contributed by atoms with E-state index in [9.17, 15) is 9.90 Å². The molecule has 3 aromatic rings. The molecular weight excluding hydrogens is 270 g/mol. The van der Waals surface area contributed by atoms with Gasteiger partial charge in [0.25, 0.3) is 5.91 Å². The maximum atomic E-state index is 12.3. The number of hydrogen-bond donors (Lipinski definition) is 2. The molecule has 0 radical (unpaired) electrons. The molecule has 100 valence electrons. The maximum absolute atomic E-state index is 12.3. The highest BCUT2D eigenvalue weighted by Gasteiger charge is 2.12. The number of rotatable bonds is 2. The van der Waals surface area contributed by atoms with Crippen molar-refractivity contribution < 1.29 is 9.90 Å². The fourth-order valence-corrected chi connectivity index (χ4v) is 3.03. The molecule has 3 rings (SSSR count). The summed E-state index contributed by atoms with van der Waals surface area (Å²) >= 11 is 1.56. The van der Waals surface area contributed by atoms with Crippen molar-refractivity contribution in [2.24, 2.45) is 0 Å². The largest absolute Gasteiger partial charge is 0.508 e. The number of thiophene rings is 1. The Labute approximate surface area is 120 Å². The Morgan fingerprint density at radius 1 is 1.20 bits per heavy atom. The maximum Gasteiger partial charge on any atom is 0.257 e. The van der Waals surface area contributed by atoms with Crippen molar-refractivity contribution in [1.82, 2.24) is 0 Å². The molecule has 1 amide bonds. The van der Waals surface area contributed by atoms with E-state index in [2.05, 4.69) is 5.32 Å². The Bertz CT molecular complexity index is 792. The number of nitrogens with one attached hydrogen (secondary N) is 1. The monoisotopic (exact) mass is 283 g/mol. The molecule has 0 atom stereocenters. The predicted molar refractivity (Wildman–Crippen MR) is 82.6 cm³/mol. The first-order chi connectivity index (χ1) is 9.65. The van der Waals surface area contributed by atoms with Gasteiger partial charge in [0, 0.05) is 21.2 Å². The Morgan fingerprint density at radius 3 is 2.80 bits per heavy atom. The number of amides is 1. The zero-order chi connectivity index (χ0) is 14.1. The summed E-state index contributed by atoms with van der Waals surface area (Å²) in [6.07, 6.45) is 0. The molecule has 0 aliphatic rings. The number of hydrogen-bond acceptors (Lipinski definition) is 3. The van der Waals surface area contributed by atoms with Crippen LogP contribution in [-0.2, 0) is 0 Å². The van der Waals surface area contributed by atoms with Gasteiger partial charge in [-0.25, -0.2) is 0 Å². The van der Waals surface area contributed by atoms with Gasteiger partial charge in [0.2, 0.25) is 0 Å². The van der Waals surface area contributed by atoms with Gasteiger partial charge in [-0.1, -0.05) is 18.2 Å². The summed E-state index contributed by atoms with van der Waals surface area (Å²) in [4.78, 5) is 12.3. The lowest BCUT2D eigenvalue weighted by atomic mass is 10.1. The zero-order valence-corrected chi connectivity index (χ0v) is 11.7. The Kier molecular flexibility index (Phi) is 3.16. The molecule has 0 aliphatic heterocycles. The van der Waals surface area contributed by atoms with E-state index in [4.69, 9.17) is 0 Å². The van der Waals surface area contributed by atoms with Crippen LogP contribution in [0.15, 0.2) is 47.8 Å². The Balaban J connectivity index is 1.91. The number of carbonyl (C=O) groups is 1. The fourth-order valence-electron chi connectivity index (χ4n) is 2.09. The lowest BCUT2D eigenvalue weighted by Gasteiger charge is -2.06. The minimum Gasteiger partial charge on any atom is -0.508 e. The molecule has 2 N–H and O–H groups in total. The third-order valence-electron chi connectivity index (χ3n) is 3.18. The number of benzene rings is 2. The van der Waals surface area contributed by atoms with E-state index >= 15 is 0 Å². The molecule has 20 heavy (non-hydrogen) atoms. The van der Waals surface area contributed by atoms with Crippen molar-refractivity contribution in [2.75, 3.05) is 5.32 Å². The van der Waals surface area contributed by atoms with Crippen molar-refractivity contribution in [3.63, 3.8) is 0 Å². The van der Waals surface area contributed by atoms with E-state index in [-0.39, 0.29) is 11.7 Å². The smallest absolute Gasteiger partial charge is 0.257 e. The average Bonchev–Trinajstić information content (AvgIpc) is 2.87. The summed E-state index contributed by atoms with van der Waals surface area (Å²) < 4.78 is 1.10. The van der Waals surface area contributed by atoms with Crippen LogP contribution in [0.5, 0.6) is 5.75 Å². The summed E-state index contributed by atoms with van der Waals surface area (Å²) in [7, 11) is 0. The van der Waals surface area contributed by atoms with Crippen molar-refractivity contribution in [1.29, 1.82) is 0 Å². The van der Waals surface area contributed by atoms with Crippen LogP contribution in [0.25, 0.3) is 10.1 Å². The molecule has 0 unspecified atom stereocenters.